The van der Waals surface area contributed by atoms with Crippen molar-refractivity contribution < 1.29 is 21.2 Å². The zero-order valence-corrected chi connectivity index (χ0v) is 21.5. The van der Waals surface area contributed by atoms with Gasteiger partial charge in [-0.3, -0.25) is 0 Å². The predicted octanol–water partition coefficient (Wildman–Crippen LogP) is 5.59. The zero-order chi connectivity index (χ0) is 22.5. The van der Waals surface area contributed by atoms with Crippen molar-refractivity contribution >= 4 is 57.2 Å². The Labute approximate surface area is 194 Å². The maximum absolute atomic E-state index is 12.6. The normalized spacial score (nSPS) is 15.2. The largest absolute Gasteiger partial charge is 0.381 e. The van der Waals surface area contributed by atoms with E-state index in [1.807, 2.05) is 6.07 Å². The Morgan fingerprint density at radius 3 is 1.80 bits per heavy atom. The van der Waals surface area contributed by atoms with E-state index in [4.69, 9.17) is 0 Å². The summed E-state index contributed by atoms with van der Waals surface area (Å²) in [6, 6.07) is 9.26. The number of halogens is 3. The highest BCUT2D eigenvalue weighted by Crippen LogP contribution is 2.29. The van der Waals surface area contributed by atoms with Gasteiger partial charge in [-0.25, -0.2) is 21.2 Å². The molecule has 0 atom stereocenters. The van der Waals surface area contributed by atoms with E-state index in [-0.39, 0.29) is 9.37 Å². The maximum Gasteiger partial charge on any atom is 0.175 e. The average Bonchev–Trinajstić information content (AvgIpc) is 2.65. The van der Waals surface area contributed by atoms with Crippen LogP contribution in [0.1, 0.15) is 32.1 Å². The number of hydrogen-bond acceptors (Lipinski definition) is 5. The summed E-state index contributed by atoms with van der Waals surface area (Å²) >= 11 is 6.34. The van der Waals surface area contributed by atoms with Gasteiger partial charge in [0, 0.05) is 28.7 Å². The molecule has 2 aromatic carbocycles. The molecule has 1 aliphatic carbocycles. The fraction of sp³-hybridized carbons (Fsp3) is 0.400. The van der Waals surface area contributed by atoms with Crippen LogP contribution in [0.4, 0.5) is 10.1 Å². The summed E-state index contributed by atoms with van der Waals surface area (Å²) in [6.07, 6.45) is 8.57. The van der Waals surface area contributed by atoms with Crippen molar-refractivity contribution in [2.24, 2.45) is 0 Å². The monoisotopic (exact) mass is 583 g/mol. The molecule has 5 nitrogen and oxygen atoms in total. The highest BCUT2D eigenvalue weighted by Gasteiger charge is 2.15. The van der Waals surface area contributed by atoms with E-state index < -0.39 is 25.5 Å². The van der Waals surface area contributed by atoms with Gasteiger partial charge in [-0.05, 0) is 81.1 Å². The third-order valence-corrected chi connectivity index (χ3v) is 8.14. The van der Waals surface area contributed by atoms with E-state index in [1.54, 1.807) is 12.1 Å². The molecule has 3 rings (SSSR count). The Morgan fingerprint density at radius 1 is 0.833 bits per heavy atom. The van der Waals surface area contributed by atoms with Gasteiger partial charge in [0.1, 0.15) is 5.82 Å². The number of sulfone groups is 2. The first-order chi connectivity index (χ1) is 13.9. The van der Waals surface area contributed by atoms with E-state index in [2.05, 4.69) is 37.2 Å². The number of hydrogen-bond donors (Lipinski definition) is 1. The number of rotatable bonds is 4. The van der Waals surface area contributed by atoms with Crippen LogP contribution in [0.25, 0.3) is 0 Å². The lowest BCUT2D eigenvalue weighted by molar-refractivity contribution is 0.462. The number of nitrogens with one attached hydrogen (secondary N) is 1. The summed E-state index contributed by atoms with van der Waals surface area (Å²) in [4.78, 5) is 0.458. The first-order valence-corrected chi connectivity index (χ1v) is 14.7. The molecule has 1 saturated carbocycles. The van der Waals surface area contributed by atoms with Crippen LogP contribution < -0.4 is 5.32 Å². The Balaban J connectivity index is 0.000000232. The minimum Gasteiger partial charge on any atom is -0.381 e. The van der Waals surface area contributed by atoms with Crippen LogP contribution in [0.2, 0.25) is 0 Å². The summed E-state index contributed by atoms with van der Waals surface area (Å²) < 4.78 is 58.4. The van der Waals surface area contributed by atoms with Crippen LogP contribution in [0.15, 0.2) is 55.1 Å². The van der Waals surface area contributed by atoms with Crippen molar-refractivity contribution in [3.63, 3.8) is 0 Å². The predicted molar refractivity (Wildman–Crippen MR) is 125 cm³/mol. The molecule has 0 unspecified atom stereocenters. The van der Waals surface area contributed by atoms with Gasteiger partial charge in [-0.2, -0.15) is 0 Å². The minimum atomic E-state index is -3.24. The third-order valence-electron chi connectivity index (χ3n) is 4.65. The molecule has 1 aliphatic rings. The van der Waals surface area contributed by atoms with Crippen molar-refractivity contribution in [2.75, 3.05) is 17.8 Å². The van der Waals surface area contributed by atoms with E-state index in [0.717, 1.165) is 22.5 Å². The van der Waals surface area contributed by atoms with Crippen molar-refractivity contribution in [3.05, 3.63) is 51.2 Å². The molecule has 10 heteroatoms. The molecule has 0 bridgehead atoms. The fourth-order valence-corrected chi connectivity index (χ4v) is 5.49. The smallest absolute Gasteiger partial charge is 0.175 e. The van der Waals surface area contributed by atoms with Crippen LogP contribution in [-0.4, -0.2) is 35.4 Å². The Morgan fingerprint density at radius 2 is 1.33 bits per heavy atom. The molecule has 1 N–H and O–H groups in total. The highest BCUT2D eigenvalue weighted by atomic mass is 79.9. The van der Waals surface area contributed by atoms with Crippen LogP contribution in [0.5, 0.6) is 0 Å². The van der Waals surface area contributed by atoms with Crippen LogP contribution in [0, 0.1) is 5.82 Å². The molecule has 1 fully saturated rings. The number of benzene rings is 2. The molecule has 0 radical (unpaired) electrons. The molecule has 0 saturated heterocycles. The molecule has 2 aromatic rings. The lowest BCUT2D eigenvalue weighted by Crippen LogP contribution is -2.22. The second kappa shape index (κ2) is 10.6. The zero-order valence-electron chi connectivity index (χ0n) is 16.7. The SMILES string of the molecule is CS(=O)(=O)c1ccc(F)c(Br)c1.CS(=O)(=O)c1ccc(NC2CCCCC2)c(Br)c1. The molecular formula is C20H24Br2FNO4S2. The summed E-state index contributed by atoms with van der Waals surface area (Å²) in [5.41, 5.74) is 0.981. The van der Waals surface area contributed by atoms with Gasteiger partial charge in [-0.1, -0.05) is 19.3 Å². The molecule has 0 heterocycles. The topological polar surface area (TPSA) is 80.3 Å². The van der Waals surface area contributed by atoms with Crippen LogP contribution in [0.3, 0.4) is 0 Å². The molecule has 0 amide bonds. The fourth-order valence-electron chi connectivity index (χ4n) is 3.02. The van der Waals surface area contributed by atoms with Gasteiger partial charge >= 0.3 is 0 Å². The maximum atomic E-state index is 12.6. The third kappa shape index (κ3) is 7.62. The molecular weight excluding hydrogens is 561 g/mol. The highest BCUT2D eigenvalue weighted by molar-refractivity contribution is 9.10. The summed E-state index contributed by atoms with van der Waals surface area (Å²) in [7, 11) is -6.37. The van der Waals surface area contributed by atoms with E-state index >= 15 is 0 Å². The second-order valence-corrected chi connectivity index (χ2v) is 13.0. The Hall–Kier alpha value is -0.970. The molecule has 30 heavy (non-hydrogen) atoms. The van der Waals surface area contributed by atoms with Crippen molar-refractivity contribution in [1.29, 1.82) is 0 Å². The van der Waals surface area contributed by atoms with E-state index in [1.165, 1.54) is 50.5 Å². The minimum absolute atomic E-state index is 0.107. The average molecular weight is 585 g/mol. The van der Waals surface area contributed by atoms with Gasteiger partial charge in [0.25, 0.3) is 0 Å². The Kier molecular flexibility index (Phi) is 8.91. The first kappa shape index (κ1) is 25.3. The molecule has 166 valence electrons. The van der Waals surface area contributed by atoms with Gasteiger partial charge in [0.2, 0.25) is 0 Å². The number of anilines is 1. The van der Waals surface area contributed by atoms with Gasteiger partial charge in [-0.15, -0.1) is 0 Å². The molecule has 0 spiro atoms. The summed E-state index contributed by atoms with van der Waals surface area (Å²) in [5, 5.41) is 3.49. The summed E-state index contributed by atoms with van der Waals surface area (Å²) in [6.45, 7) is 0. The van der Waals surface area contributed by atoms with E-state index in [9.17, 15) is 21.2 Å². The first-order valence-electron chi connectivity index (χ1n) is 9.29. The lowest BCUT2D eigenvalue weighted by Gasteiger charge is -2.24. The van der Waals surface area contributed by atoms with Gasteiger partial charge in [0.15, 0.2) is 19.7 Å². The van der Waals surface area contributed by atoms with Crippen molar-refractivity contribution in [2.45, 2.75) is 47.9 Å². The Bertz CT molecular complexity index is 1100. The van der Waals surface area contributed by atoms with Crippen molar-refractivity contribution in [1.82, 2.24) is 0 Å². The van der Waals surface area contributed by atoms with Gasteiger partial charge < -0.3 is 5.32 Å². The lowest BCUT2D eigenvalue weighted by atomic mass is 9.95. The molecule has 0 aromatic heterocycles. The standard InChI is InChI=1S/C13H18BrNO2S.C7H6BrFO2S/c1-18(16,17)11-7-8-13(12(14)9-11)15-10-5-3-2-4-6-10;1-12(10,11)5-2-3-7(9)6(8)4-5/h7-10,15H,2-6H2,1H3;2-4H,1H3. The summed E-state index contributed by atoms with van der Waals surface area (Å²) in [5.74, 6) is -0.470. The van der Waals surface area contributed by atoms with Gasteiger partial charge in [0.05, 0.1) is 14.3 Å². The van der Waals surface area contributed by atoms with Crippen LogP contribution >= 0.6 is 31.9 Å². The van der Waals surface area contributed by atoms with Crippen molar-refractivity contribution in [3.8, 4) is 0 Å². The second-order valence-electron chi connectivity index (χ2n) is 7.24. The quantitative estimate of drug-likeness (QED) is 0.474. The van der Waals surface area contributed by atoms with Crippen LogP contribution in [-0.2, 0) is 19.7 Å². The van der Waals surface area contributed by atoms with E-state index in [0.29, 0.717) is 10.9 Å². The molecule has 0 aliphatic heterocycles.